The number of nitrogens with zero attached hydrogens (tertiary/aromatic N) is 2. The van der Waals surface area contributed by atoms with E-state index in [0.717, 1.165) is 17.7 Å². The number of hydrogen-bond donors (Lipinski definition) is 1. The molecule has 17 heavy (non-hydrogen) atoms. The van der Waals surface area contributed by atoms with Gasteiger partial charge in [-0.05, 0) is 26.2 Å². The molecule has 0 aliphatic rings. The number of aryl methyl sites for hydroxylation is 1. The van der Waals surface area contributed by atoms with E-state index in [1.165, 1.54) is 0 Å². The Morgan fingerprint density at radius 1 is 1.47 bits per heavy atom. The quantitative estimate of drug-likeness (QED) is 0.854. The molecule has 0 spiro atoms. The lowest BCUT2D eigenvalue weighted by atomic mass is 10.1. The minimum absolute atomic E-state index is 0.0309. The second kappa shape index (κ2) is 5.84. The molecule has 0 unspecified atom stereocenters. The molecule has 1 aromatic rings. The third kappa shape index (κ3) is 3.88. The summed E-state index contributed by atoms with van der Waals surface area (Å²) in [5, 5.41) is 7.20. The Balaban J connectivity index is 2.52. The molecule has 1 N–H and O–H groups in total. The summed E-state index contributed by atoms with van der Waals surface area (Å²) < 4.78 is 1.83. The van der Waals surface area contributed by atoms with Gasteiger partial charge in [0.05, 0.1) is 12.2 Å². The van der Waals surface area contributed by atoms with E-state index in [1.807, 2.05) is 31.8 Å². The second-order valence-electron chi connectivity index (χ2n) is 5.03. The van der Waals surface area contributed by atoms with Crippen LogP contribution in [-0.4, -0.2) is 15.7 Å². The standard InChI is InChI=1S/C13H23N3O/c1-9(2)6-7-13(17)15-10(3)12-8-14-16(5)11(12)4/h8-10H,6-7H2,1-5H3,(H,15,17)/t10-/m1/s1. The maximum absolute atomic E-state index is 11.7. The lowest BCUT2D eigenvalue weighted by Crippen LogP contribution is -2.26. The molecule has 1 amide bonds. The van der Waals surface area contributed by atoms with Crippen molar-refractivity contribution in [3.8, 4) is 0 Å². The van der Waals surface area contributed by atoms with Crippen molar-refractivity contribution in [3.05, 3.63) is 17.5 Å². The van der Waals surface area contributed by atoms with Crippen molar-refractivity contribution >= 4 is 5.91 Å². The summed E-state index contributed by atoms with van der Waals surface area (Å²) in [4.78, 5) is 11.7. The van der Waals surface area contributed by atoms with Crippen LogP contribution in [0.2, 0.25) is 0 Å². The van der Waals surface area contributed by atoms with Crippen LogP contribution in [0, 0.1) is 12.8 Å². The Bertz CT molecular complexity index is 382. The van der Waals surface area contributed by atoms with Crippen molar-refractivity contribution in [1.82, 2.24) is 15.1 Å². The Labute approximate surface area is 103 Å². The molecule has 0 radical (unpaired) electrons. The summed E-state index contributed by atoms with van der Waals surface area (Å²) in [5.41, 5.74) is 2.19. The topological polar surface area (TPSA) is 46.9 Å². The van der Waals surface area contributed by atoms with E-state index < -0.39 is 0 Å². The molecule has 1 aromatic heterocycles. The number of rotatable bonds is 5. The zero-order chi connectivity index (χ0) is 13.0. The van der Waals surface area contributed by atoms with Crippen molar-refractivity contribution in [2.75, 3.05) is 0 Å². The molecule has 4 heteroatoms. The van der Waals surface area contributed by atoms with Crippen LogP contribution < -0.4 is 5.32 Å². The first-order chi connectivity index (χ1) is 7.91. The van der Waals surface area contributed by atoms with E-state index >= 15 is 0 Å². The zero-order valence-corrected chi connectivity index (χ0v) is 11.4. The van der Waals surface area contributed by atoms with E-state index in [2.05, 4.69) is 24.3 Å². The maximum Gasteiger partial charge on any atom is 0.220 e. The molecule has 0 fully saturated rings. The van der Waals surface area contributed by atoms with Crippen molar-refractivity contribution < 1.29 is 4.79 Å². The summed E-state index contributed by atoms with van der Waals surface area (Å²) >= 11 is 0. The number of carbonyl (C=O) groups is 1. The second-order valence-corrected chi connectivity index (χ2v) is 5.03. The van der Waals surface area contributed by atoms with Crippen LogP contribution >= 0.6 is 0 Å². The third-order valence-electron chi connectivity index (χ3n) is 3.07. The van der Waals surface area contributed by atoms with E-state index in [0.29, 0.717) is 12.3 Å². The Hall–Kier alpha value is -1.32. The van der Waals surface area contributed by atoms with Gasteiger partial charge in [-0.25, -0.2) is 0 Å². The third-order valence-corrected chi connectivity index (χ3v) is 3.07. The van der Waals surface area contributed by atoms with E-state index in [-0.39, 0.29) is 11.9 Å². The van der Waals surface area contributed by atoms with Crippen LogP contribution in [0.15, 0.2) is 6.20 Å². The van der Waals surface area contributed by atoms with Gasteiger partial charge in [-0.1, -0.05) is 13.8 Å². The number of hydrogen-bond acceptors (Lipinski definition) is 2. The van der Waals surface area contributed by atoms with Gasteiger partial charge in [0.15, 0.2) is 0 Å². The van der Waals surface area contributed by atoms with E-state index in [1.54, 1.807) is 0 Å². The van der Waals surface area contributed by atoms with Gasteiger partial charge < -0.3 is 5.32 Å². The molecule has 4 nitrogen and oxygen atoms in total. The number of nitrogens with one attached hydrogen (secondary N) is 1. The van der Waals surface area contributed by atoms with Gasteiger partial charge in [-0.2, -0.15) is 5.10 Å². The fourth-order valence-corrected chi connectivity index (χ4v) is 1.75. The van der Waals surface area contributed by atoms with Crippen LogP contribution in [0.3, 0.4) is 0 Å². The smallest absolute Gasteiger partial charge is 0.220 e. The monoisotopic (exact) mass is 237 g/mol. The first-order valence-corrected chi connectivity index (χ1v) is 6.19. The van der Waals surface area contributed by atoms with Crippen LogP contribution in [0.5, 0.6) is 0 Å². The van der Waals surface area contributed by atoms with Crippen molar-refractivity contribution in [2.45, 2.75) is 46.6 Å². The minimum atomic E-state index is 0.0309. The van der Waals surface area contributed by atoms with Crippen molar-refractivity contribution in [3.63, 3.8) is 0 Å². The van der Waals surface area contributed by atoms with E-state index in [9.17, 15) is 4.79 Å². The highest BCUT2D eigenvalue weighted by Gasteiger charge is 2.14. The number of amides is 1. The fraction of sp³-hybridized carbons (Fsp3) is 0.692. The molecule has 0 aliphatic carbocycles. The molecule has 96 valence electrons. The van der Waals surface area contributed by atoms with Crippen LogP contribution in [0.25, 0.3) is 0 Å². The summed E-state index contributed by atoms with van der Waals surface area (Å²) in [6.45, 7) is 8.26. The normalized spacial score (nSPS) is 12.8. The predicted octanol–water partition coefficient (Wildman–Crippen LogP) is 2.34. The summed E-state index contributed by atoms with van der Waals surface area (Å²) in [7, 11) is 1.91. The Morgan fingerprint density at radius 3 is 2.59 bits per heavy atom. The van der Waals surface area contributed by atoms with Crippen LogP contribution in [0.4, 0.5) is 0 Å². The molecule has 1 rings (SSSR count). The molecular formula is C13H23N3O. The van der Waals surface area contributed by atoms with Crippen molar-refractivity contribution in [1.29, 1.82) is 0 Å². The zero-order valence-electron chi connectivity index (χ0n) is 11.4. The highest BCUT2D eigenvalue weighted by Crippen LogP contribution is 2.16. The summed E-state index contributed by atoms with van der Waals surface area (Å²) in [6.07, 6.45) is 3.36. The molecule has 0 saturated carbocycles. The number of aromatic nitrogens is 2. The van der Waals surface area contributed by atoms with Crippen molar-refractivity contribution in [2.24, 2.45) is 13.0 Å². The summed E-state index contributed by atoms with van der Waals surface area (Å²) in [5.74, 6) is 0.686. The van der Waals surface area contributed by atoms with Gasteiger partial charge in [0.25, 0.3) is 0 Å². The predicted molar refractivity (Wildman–Crippen MR) is 68.6 cm³/mol. The SMILES string of the molecule is Cc1c([C@@H](C)NC(=O)CCC(C)C)cnn1C. The summed E-state index contributed by atoms with van der Waals surface area (Å²) in [6, 6.07) is 0.0309. The molecule has 0 aromatic carbocycles. The lowest BCUT2D eigenvalue weighted by Gasteiger charge is -2.14. The molecule has 0 aliphatic heterocycles. The average Bonchev–Trinajstić information content (AvgIpc) is 2.57. The van der Waals surface area contributed by atoms with Gasteiger partial charge in [0.2, 0.25) is 5.91 Å². The molecule has 1 heterocycles. The van der Waals surface area contributed by atoms with Gasteiger partial charge in [0, 0.05) is 24.7 Å². The fourth-order valence-electron chi connectivity index (χ4n) is 1.75. The van der Waals surface area contributed by atoms with Gasteiger partial charge in [-0.15, -0.1) is 0 Å². The lowest BCUT2D eigenvalue weighted by molar-refractivity contribution is -0.122. The minimum Gasteiger partial charge on any atom is -0.349 e. The van der Waals surface area contributed by atoms with Gasteiger partial charge in [-0.3, -0.25) is 9.48 Å². The largest absolute Gasteiger partial charge is 0.349 e. The maximum atomic E-state index is 11.7. The molecular weight excluding hydrogens is 214 g/mol. The first-order valence-electron chi connectivity index (χ1n) is 6.19. The van der Waals surface area contributed by atoms with Gasteiger partial charge >= 0.3 is 0 Å². The van der Waals surface area contributed by atoms with Crippen LogP contribution in [-0.2, 0) is 11.8 Å². The molecule has 0 bridgehead atoms. The first kappa shape index (κ1) is 13.7. The Kier molecular flexibility index (Phi) is 4.73. The van der Waals surface area contributed by atoms with Crippen LogP contribution in [0.1, 0.15) is 50.9 Å². The average molecular weight is 237 g/mol. The molecule has 0 saturated heterocycles. The van der Waals surface area contributed by atoms with Gasteiger partial charge in [0.1, 0.15) is 0 Å². The van der Waals surface area contributed by atoms with E-state index in [4.69, 9.17) is 0 Å². The number of carbonyl (C=O) groups excluding carboxylic acids is 1. The highest BCUT2D eigenvalue weighted by atomic mass is 16.1. The molecule has 1 atom stereocenters. The Morgan fingerprint density at radius 2 is 2.12 bits per heavy atom. The highest BCUT2D eigenvalue weighted by molar-refractivity contribution is 5.76.